The van der Waals surface area contributed by atoms with E-state index in [1.54, 1.807) is 0 Å². The Morgan fingerprint density at radius 2 is 1.86 bits per heavy atom. The summed E-state index contributed by atoms with van der Waals surface area (Å²) in [5.41, 5.74) is 7.56. The largest absolute Gasteiger partial charge is 0.354 e. The Balaban J connectivity index is 1.46. The Kier molecular flexibility index (Phi) is 4.86. The molecule has 0 bridgehead atoms. The van der Waals surface area contributed by atoms with Gasteiger partial charge in [0.2, 0.25) is 0 Å². The van der Waals surface area contributed by atoms with E-state index in [1.165, 1.54) is 39.0 Å². The van der Waals surface area contributed by atoms with Crippen LogP contribution in [0, 0.1) is 0 Å². The lowest BCUT2D eigenvalue weighted by Crippen LogP contribution is -2.31. The number of H-pyrrole nitrogens is 1. The smallest absolute Gasteiger partial charge is 0.128 e. The van der Waals surface area contributed by atoms with Crippen LogP contribution in [0.1, 0.15) is 36.0 Å². The molecule has 0 saturated heterocycles. The van der Waals surface area contributed by atoms with Gasteiger partial charge in [-0.2, -0.15) is 0 Å². The van der Waals surface area contributed by atoms with Crippen molar-refractivity contribution in [1.82, 2.24) is 19.9 Å². The lowest BCUT2D eigenvalue weighted by atomic mass is 10.0. The lowest BCUT2D eigenvalue weighted by molar-refractivity contribution is 0.243. The molecular weight excluding hydrogens is 356 g/mol. The molecule has 2 aromatic carbocycles. The summed E-state index contributed by atoms with van der Waals surface area (Å²) in [6.45, 7) is 5.04. The van der Waals surface area contributed by atoms with Crippen LogP contribution in [-0.2, 0) is 25.9 Å². The normalized spacial score (nSPS) is 14.2. The van der Waals surface area contributed by atoms with Gasteiger partial charge in [-0.05, 0) is 23.6 Å². The molecule has 4 heteroatoms. The fourth-order valence-electron chi connectivity index (χ4n) is 4.33. The third kappa shape index (κ3) is 3.56. The van der Waals surface area contributed by atoms with Crippen molar-refractivity contribution in [3.05, 3.63) is 83.4 Å². The molecule has 0 fully saturated rings. The zero-order valence-electron chi connectivity index (χ0n) is 16.9. The average Bonchev–Trinajstić information content (AvgIpc) is 3.13. The van der Waals surface area contributed by atoms with Crippen LogP contribution in [0.15, 0.2) is 60.8 Å². The summed E-state index contributed by atoms with van der Waals surface area (Å²) in [6, 6.07) is 19.3. The summed E-state index contributed by atoms with van der Waals surface area (Å²) in [5, 5.41) is 1.31. The maximum atomic E-state index is 4.81. The van der Waals surface area contributed by atoms with Gasteiger partial charge in [-0.15, -0.1) is 0 Å². The Labute approximate surface area is 171 Å². The first kappa shape index (κ1) is 18.1. The van der Waals surface area contributed by atoms with Crippen LogP contribution < -0.4 is 0 Å². The highest BCUT2D eigenvalue weighted by Gasteiger charge is 2.21. The van der Waals surface area contributed by atoms with Crippen LogP contribution in [0.5, 0.6) is 0 Å². The third-order valence-electron chi connectivity index (χ3n) is 5.79. The Morgan fingerprint density at radius 3 is 2.72 bits per heavy atom. The van der Waals surface area contributed by atoms with Crippen molar-refractivity contribution in [2.45, 2.75) is 39.3 Å². The van der Waals surface area contributed by atoms with E-state index in [1.807, 2.05) is 6.20 Å². The zero-order chi connectivity index (χ0) is 19.6. The van der Waals surface area contributed by atoms with Crippen molar-refractivity contribution in [2.24, 2.45) is 0 Å². The molecule has 1 aliphatic rings. The molecule has 1 aliphatic heterocycles. The molecule has 0 spiro atoms. The molecule has 0 atom stereocenters. The summed E-state index contributed by atoms with van der Waals surface area (Å²) in [4.78, 5) is 15.6. The molecule has 0 radical (unpaired) electrons. The van der Waals surface area contributed by atoms with Gasteiger partial charge in [-0.1, -0.05) is 55.5 Å². The van der Waals surface area contributed by atoms with E-state index in [4.69, 9.17) is 4.98 Å². The van der Waals surface area contributed by atoms with Gasteiger partial charge in [-0.3, -0.25) is 4.90 Å². The summed E-state index contributed by atoms with van der Waals surface area (Å²) < 4.78 is 0. The highest BCUT2D eigenvalue weighted by molar-refractivity contribution is 5.90. The number of aromatic amines is 1. The van der Waals surface area contributed by atoms with Crippen molar-refractivity contribution in [3.63, 3.8) is 0 Å². The topological polar surface area (TPSA) is 44.8 Å². The minimum absolute atomic E-state index is 0.912. The van der Waals surface area contributed by atoms with Crippen LogP contribution in [0.4, 0.5) is 0 Å². The lowest BCUT2D eigenvalue weighted by Gasteiger charge is -2.28. The molecule has 5 rings (SSSR count). The molecule has 1 N–H and O–H groups in total. The summed E-state index contributed by atoms with van der Waals surface area (Å²) >= 11 is 0. The number of rotatable bonds is 5. The third-order valence-corrected chi connectivity index (χ3v) is 5.79. The van der Waals surface area contributed by atoms with Crippen molar-refractivity contribution >= 4 is 10.9 Å². The first-order chi connectivity index (χ1) is 14.3. The highest BCUT2D eigenvalue weighted by Crippen LogP contribution is 2.32. The number of aromatic nitrogens is 3. The van der Waals surface area contributed by atoms with E-state index in [-0.39, 0.29) is 0 Å². The van der Waals surface area contributed by atoms with Gasteiger partial charge in [0.1, 0.15) is 5.82 Å². The Hall–Kier alpha value is -2.98. The first-order valence-electron chi connectivity index (χ1n) is 10.5. The molecule has 4 nitrogen and oxygen atoms in total. The van der Waals surface area contributed by atoms with Crippen LogP contribution in [0.2, 0.25) is 0 Å². The molecule has 0 amide bonds. The maximum Gasteiger partial charge on any atom is 0.128 e. The highest BCUT2D eigenvalue weighted by atomic mass is 15.1. The molecule has 0 aliphatic carbocycles. The van der Waals surface area contributed by atoms with Crippen molar-refractivity contribution < 1.29 is 0 Å². The molecule has 4 aromatic rings. The average molecular weight is 383 g/mol. The van der Waals surface area contributed by atoms with Gasteiger partial charge in [0.25, 0.3) is 0 Å². The van der Waals surface area contributed by atoms with Crippen LogP contribution >= 0.6 is 0 Å². The number of hydrogen-bond acceptors (Lipinski definition) is 3. The number of nitrogens with one attached hydrogen (secondary N) is 1. The quantitative estimate of drug-likeness (QED) is 0.520. The number of para-hydroxylation sites is 1. The van der Waals surface area contributed by atoms with Crippen LogP contribution in [0.3, 0.4) is 0 Å². The molecular formula is C25H26N4. The van der Waals surface area contributed by atoms with E-state index in [2.05, 4.69) is 76.4 Å². The fourth-order valence-corrected chi connectivity index (χ4v) is 4.33. The van der Waals surface area contributed by atoms with Gasteiger partial charge in [0.15, 0.2) is 0 Å². The van der Waals surface area contributed by atoms with E-state index >= 15 is 0 Å². The Bertz CT molecular complexity index is 1130. The maximum absolute atomic E-state index is 4.81. The molecule has 2 aromatic heterocycles. The standard InChI is InChI=1S/C25H26N4/c1-2-8-24-26-15-19-16-29(14-13-22(19)27-24)17-21-20-11-6-7-12-23(20)28-25(21)18-9-4-3-5-10-18/h3-7,9-12,15,28H,2,8,13-14,16-17H2,1H3. The zero-order valence-corrected chi connectivity index (χ0v) is 16.9. The predicted octanol–water partition coefficient (Wildman–Crippen LogP) is 5.14. The second kappa shape index (κ2) is 7.80. The van der Waals surface area contributed by atoms with Crippen molar-refractivity contribution in [3.8, 4) is 11.3 Å². The summed E-state index contributed by atoms with van der Waals surface area (Å²) in [5.74, 6) is 0.989. The minimum atomic E-state index is 0.912. The van der Waals surface area contributed by atoms with E-state index in [0.717, 1.165) is 44.7 Å². The summed E-state index contributed by atoms with van der Waals surface area (Å²) in [6.07, 6.45) is 5.10. The van der Waals surface area contributed by atoms with Gasteiger partial charge in [0.05, 0.1) is 5.69 Å². The first-order valence-corrected chi connectivity index (χ1v) is 10.5. The van der Waals surface area contributed by atoms with E-state index < -0.39 is 0 Å². The molecule has 0 unspecified atom stereocenters. The molecule has 0 saturated carbocycles. The number of benzene rings is 2. The van der Waals surface area contributed by atoms with E-state index in [0.29, 0.717) is 0 Å². The second-order valence-electron chi connectivity index (χ2n) is 7.86. The van der Waals surface area contributed by atoms with E-state index in [9.17, 15) is 0 Å². The van der Waals surface area contributed by atoms with Crippen molar-refractivity contribution in [1.29, 1.82) is 0 Å². The Morgan fingerprint density at radius 1 is 1.03 bits per heavy atom. The van der Waals surface area contributed by atoms with Crippen LogP contribution in [0.25, 0.3) is 22.2 Å². The minimum Gasteiger partial charge on any atom is -0.354 e. The van der Waals surface area contributed by atoms with Gasteiger partial charge in [0, 0.05) is 60.8 Å². The van der Waals surface area contributed by atoms with Gasteiger partial charge < -0.3 is 4.98 Å². The molecule has 29 heavy (non-hydrogen) atoms. The second-order valence-corrected chi connectivity index (χ2v) is 7.86. The SMILES string of the molecule is CCCc1ncc2c(n1)CCN(Cc1c(-c3ccccc3)[nH]c3ccccc13)C2. The monoisotopic (exact) mass is 382 g/mol. The number of fused-ring (bicyclic) bond motifs is 2. The fraction of sp³-hybridized carbons (Fsp3) is 0.280. The van der Waals surface area contributed by atoms with Crippen LogP contribution in [-0.4, -0.2) is 26.4 Å². The predicted molar refractivity (Wildman–Crippen MR) is 118 cm³/mol. The molecule has 3 heterocycles. The number of hydrogen-bond donors (Lipinski definition) is 1. The van der Waals surface area contributed by atoms with Gasteiger partial charge >= 0.3 is 0 Å². The van der Waals surface area contributed by atoms with Crippen molar-refractivity contribution in [2.75, 3.05) is 6.54 Å². The number of aryl methyl sites for hydroxylation is 1. The number of nitrogens with zero attached hydrogens (tertiary/aromatic N) is 3. The van der Waals surface area contributed by atoms with Gasteiger partial charge in [-0.25, -0.2) is 9.97 Å². The molecule has 146 valence electrons. The summed E-state index contributed by atoms with van der Waals surface area (Å²) in [7, 11) is 0.